The van der Waals surface area contributed by atoms with Crippen LogP contribution in [0.25, 0.3) is 0 Å². The van der Waals surface area contributed by atoms with E-state index in [1.807, 2.05) is 6.20 Å². The van der Waals surface area contributed by atoms with Gasteiger partial charge in [-0.1, -0.05) is 0 Å². The molecule has 1 unspecified atom stereocenters. The Hall–Kier alpha value is -0.960. The molecule has 58 valence electrons. The zero-order chi connectivity index (χ0) is 7.73. The second-order valence-corrected chi connectivity index (χ2v) is 3.10. The van der Waals surface area contributed by atoms with Crippen molar-refractivity contribution in [3.63, 3.8) is 0 Å². The van der Waals surface area contributed by atoms with E-state index in [0.717, 1.165) is 18.7 Å². The molecule has 1 aliphatic rings. The highest BCUT2D eigenvalue weighted by Gasteiger charge is 2.34. The molecule has 0 aromatic carbocycles. The SMILES string of the molecule is CC1(c2cnccn2)CCN1. The summed E-state index contributed by atoms with van der Waals surface area (Å²) in [6.07, 6.45) is 6.42. The molecule has 1 fully saturated rings. The molecule has 0 saturated carbocycles. The fourth-order valence-electron chi connectivity index (χ4n) is 1.30. The van der Waals surface area contributed by atoms with Crippen LogP contribution in [0.4, 0.5) is 0 Å². The van der Waals surface area contributed by atoms with Gasteiger partial charge in [0.2, 0.25) is 0 Å². The van der Waals surface area contributed by atoms with Gasteiger partial charge in [0, 0.05) is 12.4 Å². The molecule has 2 rings (SSSR count). The summed E-state index contributed by atoms with van der Waals surface area (Å²) < 4.78 is 0. The quantitative estimate of drug-likeness (QED) is 0.638. The van der Waals surface area contributed by atoms with Gasteiger partial charge in [-0.3, -0.25) is 9.97 Å². The van der Waals surface area contributed by atoms with Gasteiger partial charge in [0.25, 0.3) is 0 Å². The second kappa shape index (κ2) is 2.27. The highest BCUT2D eigenvalue weighted by molar-refractivity contribution is 5.13. The maximum Gasteiger partial charge on any atom is 0.0785 e. The van der Waals surface area contributed by atoms with Gasteiger partial charge in [-0.2, -0.15) is 0 Å². The zero-order valence-electron chi connectivity index (χ0n) is 6.54. The van der Waals surface area contributed by atoms with Gasteiger partial charge in [-0.05, 0) is 19.9 Å². The van der Waals surface area contributed by atoms with Crippen LogP contribution in [0.3, 0.4) is 0 Å². The first-order valence-electron chi connectivity index (χ1n) is 3.83. The number of nitrogens with zero attached hydrogens (tertiary/aromatic N) is 2. The highest BCUT2D eigenvalue weighted by atomic mass is 15.1. The predicted molar refractivity (Wildman–Crippen MR) is 42.0 cm³/mol. The fourth-order valence-corrected chi connectivity index (χ4v) is 1.30. The summed E-state index contributed by atoms with van der Waals surface area (Å²) in [4.78, 5) is 8.28. The Bertz CT molecular complexity index is 241. The van der Waals surface area contributed by atoms with E-state index < -0.39 is 0 Å². The normalized spacial score (nSPS) is 29.5. The monoisotopic (exact) mass is 149 g/mol. The molecule has 11 heavy (non-hydrogen) atoms. The number of aromatic nitrogens is 2. The average molecular weight is 149 g/mol. The molecule has 3 heteroatoms. The lowest BCUT2D eigenvalue weighted by molar-refractivity contribution is 0.229. The van der Waals surface area contributed by atoms with E-state index in [0.29, 0.717) is 0 Å². The Balaban J connectivity index is 2.29. The summed E-state index contributed by atoms with van der Waals surface area (Å²) in [5.74, 6) is 0. The van der Waals surface area contributed by atoms with Gasteiger partial charge < -0.3 is 5.32 Å². The molecule has 1 aromatic rings. The van der Waals surface area contributed by atoms with E-state index in [9.17, 15) is 0 Å². The first-order valence-corrected chi connectivity index (χ1v) is 3.83. The van der Waals surface area contributed by atoms with Gasteiger partial charge in [0.05, 0.1) is 17.4 Å². The summed E-state index contributed by atoms with van der Waals surface area (Å²) in [6.45, 7) is 3.24. The molecular formula is C8H11N3. The van der Waals surface area contributed by atoms with Crippen LogP contribution in [0.2, 0.25) is 0 Å². The summed E-state index contributed by atoms with van der Waals surface area (Å²) in [6, 6.07) is 0. The zero-order valence-corrected chi connectivity index (χ0v) is 6.54. The molecular weight excluding hydrogens is 138 g/mol. The van der Waals surface area contributed by atoms with Crippen molar-refractivity contribution in [3.8, 4) is 0 Å². The number of nitrogens with one attached hydrogen (secondary N) is 1. The standard InChI is InChI=1S/C8H11N3/c1-8(2-3-11-8)7-6-9-4-5-10-7/h4-6,11H,2-3H2,1H3. The lowest BCUT2D eigenvalue weighted by Crippen LogP contribution is -2.52. The van der Waals surface area contributed by atoms with Crippen molar-refractivity contribution in [2.24, 2.45) is 0 Å². The van der Waals surface area contributed by atoms with Crippen LogP contribution >= 0.6 is 0 Å². The van der Waals surface area contributed by atoms with Crippen molar-refractivity contribution in [1.29, 1.82) is 0 Å². The second-order valence-electron chi connectivity index (χ2n) is 3.10. The van der Waals surface area contributed by atoms with E-state index >= 15 is 0 Å². The van der Waals surface area contributed by atoms with Gasteiger partial charge in [-0.25, -0.2) is 0 Å². The molecule has 0 spiro atoms. The maximum atomic E-state index is 4.25. The smallest absolute Gasteiger partial charge is 0.0785 e. The minimum atomic E-state index is 0.0915. The van der Waals surface area contributed by atoms with Crippen LogP contribution in [-0.2, 0) is 5.54 Å². The third kappa shape index (κ3) is 1.01. The van der Waals surface area contributed by atoms with E-state index in [2.05, 4.69) is 22.2 Å². The number of hydrogen-bond acceptors (Lipinski definition) is 3. The van der Waals surface area contributed by atoms with E-state index in [1.54, 1.807) is 12.4 Å². The van der Waals surface area contributed by atoms with Crippen molar-refractivity contribution < 1.29 is 0 Å². The summed E-state index contributed by atoms with van der Waals surface area (Å²) in [5, 5.41) is 3.34. The average Bonchev–Trinajstić information content (AvgIpc) is 2.02. The molecule has 0 aliphatic carbocycles. The predicted octanol–water partition coefficient (Wildman–Crippen LogP) is 0.685. The van der Waals surface area contributed by atoms with Crippen molar-refractivity contribution in [2.75, 3.05) is 6.54 Å². The molecule has 0 amide bonds. The Kier molecular flexibility index (Phi) is 1.39. The molecule has 1 aromatic heterocycles. The molecule has 1 atom stereocenters. The molecule has 1 saturated heterocycles. The topological polar surface area (TPSA) is 37.8 Å². The van der Waals surface area contributed by atoms with Crippen LogP contribution in [0, 0.1) is 0 Å². The van der Waals surface area contributed by atoms with Crippen LogP contribution in [-0.4, -0.2) is 16.5 Å². The lowest BCUT2D eigenvalue weighted by Gasteiger charge is -2.39. The van der Waals surface area contributed by atoms with Crippen molar-refractivity contribution in [2.45, 2.75) is 18.9 Å². The van der Waals surface area contributed by atoms with Crippen LogP contribution in [0.15, 0.2) is 18.6 Å². The van der Waals surface area contributed by atoms with Gasteiger partial charge in [0.1, 0.15) is 0 Å². The van der Waals surface area contributed by atoms with Gasteiger partial charge in [0.15, 0.2) is 0 Å². The van der Waals surface area contributed by atoms with E-state index in [4.69, 9.17) is 0 Å². The highest BCUT2D eigenvalue weighted by Crippen LogP contribution is 2.27. The molecule has 1 N–H and O–H groups in total. The summed E-state index contributed by atoms with van der Waals surface area (Å²) >= 11 is 0. The van der Waals surface area contributed by atoms with Gasteiger partial charge >= 0.3 is 0 Å². The summed E-state index contributed by atoms with van der Waals surface area (Å²) in [7, 11) is 0. The largest absolute Gasteiger partial charge is 0.306 e. The lowest BCUT2D eigenvalue weighted by atomic mass is 9.87. The van der Waals surface area contributed by atoms with Crippen molar-refractivity contribution in [3.05, 3.63) is 24.3 Å². The van der Waals surface area contributed by atoms with Crippen molar-refractivity contribution in [1.82, 2.24) is 15.3 Å². The Labute approximate surface area is 65.9 Å². The van der Waals surface area contributed by atoms with Crippen LogP contribution < -0.4 is 5.32 Å². The van der Waals surface area contributed by atoms with Crippen molar-refractivity contribution >= 4 is 0 Å². The third-order valence-corrected chi connectivity index (χ3v) is 2.27. The number of hydrogen-bond donors (Lipinski definition) is 1. The Morgan fingerprint density at radius 1 is 1.55 bits per heavy atom. The maximum absolute atomic E-state index is 4.25. The number of rotatable bonds is 1. The minimum Gasteiger partial charge on any atom is -0.306 e. The molecule has 0 bridgehead atoms. The third-order valence-electron chi connectivity index (χ3n) is 2.27. The van der Waals surface area contributed by atoms with Gasteiger partial charge in [-0.15, -0.1) is 0 Å². The molecule has 2 heterocycles. The molecule has 0 radical (unpaired) electrons. The molecule has 3 nitrogen and oxygen atoms in total. The van der Waals surface area contributed by atoms with E-state index in [1.165, 1.54) is 0 Å². The Morgan fingerprint density at radius 2 is 2.36 bits per heavy atom. The minimum absolute atomic E-state index is 0.0915. The fraction of sp³-hybridized carbons (Fsp3) is 0.500. The van der Waals surface area contributed by atoms with Crippen LogP contribution in [0.1, 0.15) is 19.0 Å². The van der Waals surface area contributed by atoms with Crippen LogP contribution in [0.5, 0.6) is 0 Å². The first-order chi connectivity index (χ1) is 5.31. The van der Waals surface area contributed by atoms with E-state index in [-0.39, 0.29) is 5.54 Å². The summed E-state index contributed by atoms with van der Waals surface area (Å²) in [5.41, 5.74) is 1.14. The first kappa shape index (κ1) is 6.73. The molecule has 1 aliphatic heterocycles. The Morgan fingerprint density at radius 3 is 2.82 bits per heavy atom.